The fourth-order valence-electron chi connectivity index (χ4n) is 0.856. The Hall–Kier alpha value is -0.370. The van der Waals surface area contributed by atoms with E-state index in [2.05, 4.69) is 13.8 Å². The maximum Gasteiger partial charge on any atom is 0.158 e. The summed E-state index contributed by atoms with van der Waals surface area (Å²) in [7, 11) is 1.58. The first-order chi connectivity index (χ1) is 4.57. The summed E-state index contributed by atoms with van der Waals surface area (Å²) >= 11 is 0. The summed E-state index contributed by atoms with van der Waals surface area (Å²) in [5, 5.41) is 0. The van der Waals surface area contributed by atoms with E-state index in [0.717, 1.165) is 6.42 Å². The van der Waals surface area contributed by atoms with Gasteiger partial charge < -0.3 is 4.74 Å². The number of hydrogen-bond acceptors (Lipinski definition) is 2. The van der Waals surface area contributed by atoms with Crippen molar-refractivity contribution in [1.29, 1.82) is 0 Å². The molecule has 0 fully saturated rings. The lowest BCUT2D eigenvalue weighted by Gasteiger charge is -2.13. The topological polar surface area (TPSA) is 26.3 Å². The molecule has 60 valence electrons. The number of carbonyl (C=O) groups excluding carboxylic acids is 1. The predicted molar refractivity (Wildman–Crippen MR) is 40.9 cm³/mol. The fourth-order valence-corrected chi connectivity index (χ4v) is 0.856. The normalized spacial score (nSPS) is 13.7. The smallest absolute Gasteiger partial charge is 0.158 e. The molecule has 2 heteroatoms. The van der Waals surface area contributed by atoms with Crippen LogP contribution in [0, 0.1) is 5.92 Å². The van der Waals surface area contributed by atoms with Crippen molar-refractivity contribution in [2.45, 2.75) is 33.3 Å². The summed E-state index contributed by atoms with van der Waals surface area (Å²) in [6.45, 7) is 5.72. The highest BCUT2D eigenvalue weighted by Gasteiger charge is 2.13. The number of carbonyl (C=O) groups is 1. The van der Waals surface area contributed by atoms with Crippen molar-refractivity contribution in [2.75, 3.05) is 7.11 Å². The Bertz CT molecular complexity index is 108. The third-order valence-corrected chi connectivity index (χ3v) is 1.42. The van der Waals surface area contributed by atoms with Crippen molar-refractivity contribution in [3.8, 4) is 0 Å². The third-order valence-electron chi connectivity index (χ3n) is 1.42. The number of ketones is 1. The van der Waals surface area contributed by atoms with Crippen LogP contribution in [0.1, 0.15) is 27.2 Å². The maximum atomic E-state index is 10.8. The number of ether oxygens (including phenoxy) is 1. The summed E-state index contributed by atoms with van der Waals surface area (Å²) in [6, 6.07) is 0. The Balaban J connectivity index is 3.72. The lowest BCUT2D eigenvalue weighted by molar-refractivity contribution is -0.127. The molecule has 0 rings (SSSR count). The number of rotatable bonds is 4. The molecule has 1 atom stereocenters. The van der Waals surface area contributed by atoms with Gasteiger partial charge in [0, 0.05) is 7.11 Å². The van der Waals surface area contributed by atoms with Gasteiger partial charge in [-0.25, -0.2) is 0 Å². The Morgan fingerprint density at radius 2 is 2.00 bits per heavy atom. The molecular formula is C8H16O2. The highest BCUT2D eigenvalue weighted by molar-refractivity contribution is 5.80. The minimum Gasteiger partial charge on any atom is -0.374 e. The Morgan fingerprint density at radius 3 is 2.10 bits per heavy atom. The summed E-state index contributed by atoms with van der Waals surface area (Å²) in [5.41, 5.74) is 0. The van der Waals surface area contributed by atoms with Crippen LogP contribution in [0.3, 0.4) is 0 Å². The first kappa shape index (κ1) is 9.63. The molecule has 0 bridgehead atoms. The minimum atomic E-state index is -0.194. The second-order valence-electron chi connectivity index (χ2n) is 2.96. The highest BCUT2D eigenvalue weighted by Crippen LogP contribution is 2.07. The van der Waals surface area contributed by atoms with E-state index >= 15 is 0 Å². The largest absolute Gasteiger partial charge is 0.374 e. The van der Waals surface area contributed by atoms with Crippen LogP contribution in [0.5, 0.6) is 0 Å². The molecule has 0 aromatic heterocycles. The van der Waals surface area contributed by atoms with E-state index in [1.807, 2.05) is 0 Å². The van der Waals surface area contributed by atoms with Gasteiger partial charge in [0.05, 0.1) is 0 Å². The summed E-state index contributed by atoms with van der Waals surface area (Å²) in [4.78, 5) is 10.8. The Labute approximate surface area is 62.6 Å². The van der Waals surface area contributed by atoms with Gasteiger partial charge in [-0.15, -0.1) is 0 Å². The Kier molecular flexibility index (Phi) is 4.28. The van der Waals surface area contributed by atoms with Gasteiger partial charge in [0.15, 0.2) is 5.78 Å². The van der Waals surface area contributed by atoms with Gasteiger partial charge in [-0.3, -0.25) is 4.79 Å². The molecule has 0 saturated heterocycles. The van der Waals surface area contributed by atoms with E-state index in [1.54, 1.807) is 14.0 Å². The van der Waals surface area contributed by atoms with Crippen molar-refractivity contribution in [3.63, 3.8) is 0 Å². The lowest BCUT2D eigenvalue weighted by Crippen LogP contribution is -2.21. The van der Waals surface area contributed by atoms with Gasteiger partial charge in [0.25, 0.3) is 0 Å². The quantitative estimate of drug-likeness (QED) is 0.599. The Morgan fingerprint density at radius 1 is 1.50 bits per heavy atom. The molecular weight excluding hydrogens is 128 g/mol. The van der Waals surface area contributed by atoms with Crippen LogP contribution in [0.4, 0.5) is 0 Å². The van der Waals surface area contributed by atoms with Crippen LogP contribution in [-0.2, 0) is 9.53 Å². The monoisotopic (exact) mass is 144 g/mol. The zero-order valence-electron chi connectivity index (χ0n) is 7.18. The van der Waals surface area contributed by atoms with E-state index < -0.39 is 0 Å². The second-order valence-corrected chi connectivity index (χ2v) is 2.96. The maximum absolute atomic E-state index is 10.8. The molecule has 0 spiro atoms. The molecule has 0 amide bonds. The minimum absolute atomic E-state index is 0.121. The molecule has 0 aromatic carbocycles. The fraction of sp³-hybridized carbons (Fsp3) is 0.875. The lowest BCUT2D eigenvalue weighted by atomic mass is 10.0. The van der Waals surface area contributed by atoms with Gasteiger partial charge in [-0.2, -0.15) is 0 Å². The molecule has 0 aliphatic rings. The van der Waals surface area contributed by atoms with Crippen LogP contribution in [0.15, 0.2) is 0 Å². The van der Waals surface area contributed by atoms with E-state index in [4.69, 9.17) is 4.74 Å². The van der Waals surface area contributed by atoms with Crippen LogP contribution >= 0.6 is 0 Å². The number of methoxy groups -OCH3 is 1. The SMILES string of the molecule is CO[C@@H](CC(C)C)C(C)=O. The molecule has 2 nitrogen and oxygen atoms in total. The molecule has 0 radical (unpaired) electrons. The molecule has 0 aromatic rings. The van der Waals surface area contributed by atoms with E-state index in [9.17, 15) is 4.79 Å². The standard InChI is InChI=1S/C8H16O2/c1-6(2)5-8(10-4)7(3)9/h6,8H,5H2,1-4H3/t8-/m0/s1. The van der Waals surface area contributed by atoms with Gasteiger partial charge in [-0.1, -0.05) is 13.8 Å². The van der Waals surface area contributed by atoms with Gasteiger partial charge in [-0.05, 0) is 19.3 Å². The molecule has 10 heavy (non-hydrogen) atoms. The van der Waals surface area contributed by atoms with E-state index in [1.165, 1.54) is 0 Å². The predicted octanol–water partition coefficient (Wildman–Crippen LogP) is 1.64. The van der Waals surface area contributed by atoms with Gasteiger partial charge >= 0.3 is 0 Å². The zero-order valence-corrected chi connectivity index (χ0v) is 7.18. The van der Waals surface area contributed by atoms with E-state index in [0.29, 0.717) is 5.92 Å². The van der Waals surface area contributed by atoms with Crippen molar-refractivity contribution >= 4 is 5.78 Å². The van der Waals surface area contributed by atoms with Gasteiger partial charge in [0.1, 0.15) is 6.10 Å². The summed E-state index contributed by atoms with van der Waals surface area (Å²) in [6.07, 6.45) is 0.631. The van der Waals surface area contributed by atoms with Crippen molar-refractivity contribution < 1.29 is 9.53 Å². The zero-order chi connectivity index (χ0) is 8.15. The van der Waals surface area contributed by atoms with Crippen molar-refractivity contribution in [3.05, 3.63) is 0 Å². The third kappa shape index (κ3) is 3.62. The first-order valence-corrected chi connectivity index (χ1v) is 3.61. The highest BCUT2D eigenvalue weighted by atomic mass is 16.5. The average molecular weight is 144 g/mol. The summed E-state index contributed by atoms with van der Waals surface area (Å²) in [5.74, 6) is 0.644. The molecule has 0 aliphatic heterocycles. The van der Waals surface area contributed by atoms with Crippen LogP contribution < -0.4 is 0 Å². The molecule has 0 heterocycles. The van der Waals surface area contributed by atoms with Crippen molar-refractivity contribution in [2.24, 2.45) is 5.92 Å². The number of hydrogen-bond donors (Lipinski definition) is 0. The van der Waals surface area contributed by atoms with Crippen LogP contribution in [0.25, 0.3) is 0 Å². The molecule has 0 unspecified atom stereocenters. The number of Topliss-reactive ketones (excluding diaryl/α,β-unsaturated/α-hetero) is 1. The van der Waals surface area contributed by atoms with E-state index in [-0.39, 0.29) is 11.9 Å². The van der Waals surface area contributed by atoms with Crippen LogP contribution in [-0.4, -0.2) is 19.0 Å². The second kappa shape index (κ2) is 4.45. The molecule has 0 N–H and O–H groups in total. The molecule has 0 aliphatic carbocycles. The summed E-state index contributed by atoms with van der Waals surface area (Å²) < 4.78 is 4.97. The molecule has 0 saturated carbocycles. The van der Waals surface area contributed by atoms with Crippen molar-refractivity contribution in [1.82, 2.24) is 0 Å². The van der Waals surface area contributed by atoms with Gasteiger partial charge in [0.2, 0.25) is 0 Å². The first-order valence-electron chi connectivity index (χ1n) is 3.61. The van der Waals surface area contributed by atoms with Crippen LogP contribution in [0.2, 0.25) is 0 Å². The average Bonchev–Trinajstić information content (AvgIpc) is 1.81.